The number of anilines is 4. The van der Waals surface area contributed by atoms with Gasteiger partial charge in [-0.1, -0.05) is 190 Å². The van der Waals surface area contributed by atoms with Crippen LogP contribution in [0.1, 0.15) is 37.5 Å². The van der Waals surface area contributed by atoms with Crippen LogP contribution in [-0.4, -0.2) is 9.55 Å². The zero-order valence-electron chi connectivity index (χ0n) is 42.8. The van der Waals surface area contributed by atoms with Crippen molar-refractivity contribution < 1.29 is 25.8 Å². The molecular formula is C71H51N4OPt-3. The molecule has 5 nitrogen and oxygen atoms in total. The monoisotopic (exact) mass is 1170 g/mol. The fourth-order valence-corrected chi connectivity index (χ4v) is 11.4. The van der Waals surface area contributed by atoms with E-state index in [0.717, 1.165) is 90.2 Å². The van der Waals surface area contributed by atoms with E-state index < -0.39 is 0 Å². The molecule has 14 rings (SSSR count). The van der Waals surface area contributed by atoms with E-state index in [0.29, 0.717) is 11.5 Å². The van der Waals surface area contributed by atoms with Crippen molar-refractivity contribution in [3.8, 4) is 73.0 Å². The fourth-order valence-electron chi connectivity index (χ4n) is 11.4. The van der Waals surface area contributed by atoms with Gasteiger partial charge in [0.1, 0.15) is 5.82 Å². The summed E-state index contributed by atoms with van der Waals surface area (Å²) in [5, 5.41) is 2.26. The van der Waals surface area contributed by atoms with Crippen molar-refractivity contribution in [1.29, 1.82) is 0 Å². The van der Waals surface area contributed by atoms with Crippen molar-refractivity contribution in [3.05, 3.63) is 272 Å². The Labute approximate surface area is 464 Å². The third kappa shape index (κ3) is 8.52. The van der Waals surface area contributed by atoms with E-state index in [-0.39, 0.29) is 26.5 Å². The van der Waals surface area contributed by atoms with Crippen LogP contribution >= 0.6 is 0 Å². The Morgan fingerprint density at radius 1 is 0.481 bits per heavy atom. The summed E-state index contributed by atoms with van der Waals surface area (Å²) in [6, 6.07) is 89.8. The summed E-state index contributed by atoms with van der Waals surface area (Å²) >= 11 is 0. The van der Waals surface area contributed by atoms with Crippen LogP contribution in [0.3, 0.4) is 0 Å². The molecule has 0 unspecified atom stereocenters. The number of pyridine rings is 1. The summed E-state index contributed by atoms with van der Waals surface area (Å²) in [4.78, 5) is 9.63. The van der Waals surface area contributed by atoms with Crippen LogP contribution in [0.15, 0.2) is 237 Å². The summed E-state index contributed by atoms with van der Waals surface area (Å²) in [6.07, 6.45) is 2.84. The van der Waals surface area contributed by atoms with Crippen LogP contribution in [0.5, 0.6) is 11.5 Å². The zero-order chi connectivity index (χ0) is 50.9. The van der Waals surface area contributed by atoms with Crippen LogP contribution in [-0.2, 0) is 32.9 Å². The molecule has 0 saturated carbocycles. The average Bonchev–Trinajstić information content (AvgIpc) is 4.25. The standard InChI is InChI=1S/C71H51N4O.Pt/c1-71(2,3)55-38-39-72-67(43-55)75-66-45-58(35-37-62(66)63-36-34-54-42-51-22-10-11-29-59(51)68(54)70(63)75)76-57-28-16-27-56(44-57)73-46-74(65-33-13-12-32-64(65)73)69-60(52-25-14-23-49(40-52)47-18-6-4-7-19-47)30-17-31-61(69)53-26-15-24-50(41-53)48-20-8-5-9-21-48;/h4-41,43,46H,42H2,1-3H3;/q-3;. The van der Waals surface area contributed by atoms with Gasteiger partial charge in [-0.05, 0) is 109 Å². The third-order valence-electron chi connectivity index (χ3n) is 15.1. The molecule has 0 amide bonds. The van der Waals surface area contributed by atoms with E-state index in [1.165, 1.54) is 38.9 Å². The molecule has 10 aromatic carbocycles. The van der Waals surface area contributed by atoms with Crippen molar-refractivity contribution in [2.24, 2.45) is 0 Å². The molecule has 0 N–H and O–H groups in total. The molecule has 77 heavy (non-hydrogen) atoms. The summed E-state index contributed by atoms with van der Waals surface area (Å²) < 4.78 is 9.16. The summed E-state index contributed by atoms with van der Waals surface area (Å²) in [5.41, 5.74) is 21.6. The largest absolute Gasteiger partial charge is 0.509 e. The van der Waals surface area contributed by atoms with Crippen molar-refractivity contribution in [2.75, 3.05) is 9.80 Å². The fraction of sp³-hybridized carbons (Fsp3) is 0.0704. The van der Waals surface area contributed by atoms with E-state index >= 15 is 0 Å². The minimum Gasteiger partial charge on any atom is -0.509 e. The Bertz CT molecular complexity index is 4110. The molecule has 6 heteroatoms. The number of aromatic nitrogens is 2. The zero-order valence-corrected chi connectivity index (χ0v) is 45.1. The molecule has 374 valence electrons. The van der Waals surface area contributed by atoms with Gasteiger partial charge in [-0.15, -0.1) is 48.1 Å². The molecule has 0 spiro atoms. The molecule has 3 heterocycles. The Morgan fingerprint density at radius 2 is 1.05 bits per heavy atom. The molecule has 2 aromatic heterocycles. The first kappa shape index (κ1) is 47.9. The maximum absolute atomic E-state index is 6.85. The van der Waals surface area contributed by atoms with Gasteiger partial charge in [-0.3, -0.25) is 0 Å². The van der Waals surface area contributed by atoms with Gasteiger partial charge in [0.05, 0.1) is 0 Å². The molecule has 0 bridgehead atoms. The second-order valence-electron chi connectivity index (χ2n) is 20.8. The maximum Gasteiger partial charge on any atom is 0.135 e. The molecule has 1 aliphatic carbocycles. The van der Waals surface area contributed by atoms with Crippen LogP contribution in [0, 0.1) is 18.8 Å². The molecule has 2 aliphatic rings. The second kappa shape index (κ2) is 19.4. The van der Waals surface area contributed by atoms with Crippen LogP contribution in [0.4, 0.5) is 22.7 Å². The quantitative estimate of drug-likeness (QED) is 0.135. The number of benzene rings is 10. The SMILES string of the molecule is CC(C)(C)c1ccnc(-n2c3[c-]c(Oc4[c-]c(N5[CH-]N(c6c(-c7cccc(-c8ccccc8)c7)cccc6-c6cccc(-c7ccccc7)c6)c6ccccc65)ccc4)ccc3c3ccc4c(c32)-c2ccccc2C4)c1.[Pt]. The predicted molar refractivity (Wildman–Crippen MR) is 313 cm³/mol. The molecule has 1 aliphatic heterocycles. The van der Waals surface area contributed by atoms with Gasteiger partial charge in [0, 0.05) is 78.0 Å². The van der Waals surface area contributed by atoms with Crippen molar-refractivity contribution in [2.45, 2.75) is 32.6 Å². The second-order valence-corrected chi connectivity index (χ2v) is 20.8. The molecule has 0 radical (unpaired) electrons. The van der Waals surface area contributed by atoms with E-state index in [1.807, 2.05) is 24.4 Å². The minimum atomic E-state index is -0.0667. The first-order chi connectivity index (χ1) is 37.3. The van der Waals surface area contributed by atoms with E-state index in [9.17, 15) is 0 Å². The summed E-state index contributed by atoms with van der Waals surface area (Å²) in [5.74, 6) is 2.03. The van der Waals surface area contributed by atoms with E-state index in [2.05, 4.69) is 266 Å². The summed E-state index contributed by atoms with van der Waals surface area (Å²) in [7, 11) is 0. The summed E-state index contributed by atoms with van der Waals surface area (Å²) in [6.45, 7) is 8.95. The molecule has 0 fully saturated rings. The Morgan fingerprint density at radius 3 is 1.75 bits per heavy atom. The molecule has 0 saturated heterocycles. The number of hydrogen-bond acceptors (Lipinski definition) is 4. The van der Waals surface area contributed by atoms with Gasteiger partial charge in [0.25, 0.3) is 0 Å². The number of rotatable bonds is 9. The Balaban J connectivity index is 0.00000566. The van der Waals surface area contributed by atoms with Gasteiger partial charge in [0.2, 0.25) is 0 Å². The number of ether oxygens (including phenoxy) is 1. The van der Waals surface area contributed by atoms with Crippen molar-refractivity contribution in [3.63, 3.8) is 0 Å². The van der Waals surface area contributed by atoms with Crippen molar-refractivity contribution in [1.82, 2.24) is 9.55 Å². The van der Waals surface area contributed by atoms with E-state index in [4.69, 9.17) is 9.72 Å². The topological polar surface area (TPSA) is 33.5 Å². The molecule has 12 aromatic rings. The van der Waals surface area contributed by atoms with Gasteiger partial charge in [0.15, 0.2) is 0 Å². The smallest absolute Gasteiger partial charge is 0.135 e. The van der Waals surface area contributed by atoms with Crippen LogP contribution < -0.4 is 14.5 Å². The number of para-hydroxylation sites is 3. The average molecular weight is 1170 g/mol. The predicted octanol–water partition coefficient (Wildman–Crippen LogP) is 18.5. The van der Waals surface area contributed by atoms with Gasteiger partial charge in [-0.2, -0.15) is 12.1 Å². The first-order valence-corrected chi connectivity index (χ1v) is 26.1. The Hall–Kier alpha value is -8.76. The number of hydrogen-bond donors (Lipinski definition) is 0. The number of fused-ring (bicyclic) bond motifs is 8. The van der Waals surface area contributed by atoms with Crippen LogP contribution in [0.25, 0.3) is 83.3 Å². The molecule has 0 atom stereocenters. The van der Waals surface area contributed by atoms with Gasteiger partial charge < -0.3 is 19.1 Å². The van der Waals surface area contributed by atoms with Crippen molar-refractivity contribution >= 4 is 44.6 Å². The third-order valence-corrected chi connectivity index (χ3v) is 15.1. The van der Waals surface area contributed by atoms with Gasteiger partial charge in [-0.25, -0.2) is 4.98 Å². The first-order valence-electron chi connectivity index (χ1n) is 26.1. The maximum atomic E-state index is 6.85. The van der Waals surface area contributed by atoms with Gasteiger partial charge >= 0.3 is 0 Å². The minimum absolute atomic E-state index is 0. The number of nitrogens with zero attached hydrogens (tertiary/aromatic N) is 4. The normalized spacial score (nSPS) is 12.6. The Kier molecular flexibility index (Phi) is 12.1. The van der Waals surface area contributed by atoms with Crippen LogP contribution in [0.2, 0.25) is 0 Å². The van der Waals surface area contributed by atoms with E-state index in [1.54, 1.807) is 0 Å². The molecular weight excluding hydrogens is 1120 g/mol.